The number of phenols is 1. The normalized spacial score (nSPS) is 11.2. The Morgan fingerprint density at radius 2 is 1.68 bits per heavy atom. The van der Waals surface area contributed by atoms with Gasteiger partial charge in [0, 0.05) is 24.3 Å². The van der Waals surface area contributed by atoms with E-state index in [2.05, 4.69) is 43.0 Å². The zero-order valence-corrected chi connectivity index (χ0v) is 17.8. The van der Waals surface area contributed by atoms with Crippen LogP contribution in [0.5, 0.6) is 11.5 Å². The molecule has 3 aromatic rings. The SMILES string of the molecule is CCCCN(CC)c1ccc(-c2oc3c(C)c(C)c(C)c(O)c3c2OC)cc1. The first-order valence-electron chi connectivity index (χ1n) is 10.1. The van der Waals surface area contributed by atoms with Gasteiger partial charge in [-0.05, 0) is 75.1 Å². The van der Waals surface area contributed by atoms with Crippen LogP contribution < -0.4 is 9.64 Å². The molecule has 0 amide bonds. The van der Waals surface area contributed by atoms with E-state index in [4.69, 9.17) is 9.15 Å². The van der Waals surface area contributed by atoms with Crippen molar-refractivity contribution >= 4 is 16.7 Å². The summed E-state index contributed by atoms with van der Waals surface area (Å²) < 4.78 is 11.9. The van der Waals surface area contributed by atoms with Crippen molar-refractivity contribution in [2.75, 3.05) is 25.1 Å². The molecule has 0 aliphatic carbocycles. The number of unbranched alkanes of at least 4 members (excludes halogenated alkanes) is 1. The first kappa shape index (κ1) is 20.1. The summed E-state index contributed by atoms with van der Waals surface area (Å²) >= 11 is 0. The van der Waals surface area contributed by atoms with Crippen LogP contribution in [-0.2, 0) is 0 Å². The van der Waals surface area contributed by atoms with Crippen LogP contribution in [0.25, 0.3) is 22.3 Å². The zero-order chi connectivity index (χ0) is 20.4. The molecule has 0 fully saturated rings. The lowest BCUT2D eigenvalue weighted by atomic mass is 9.99. The summed E-state index contributed by atoms with van der Waals surface area (Å²) in [5.74, 6) is 1.48. The third-order valence-corrected chi connectivity index (χ3v) is 5.78. The lowest BCUT2D eigenvalue weighted by molar-refractivity contribution is 0.411. The lowest BCUT2D eigenvalue weighted by Crippen LogP contribution is -2.23. The van der Waals surface area contributed by atoms with Crippen LogP contribution in [0.15, 0.2) is 28.7 Å². The minimum atomic E-state index is 0.235. The smallest absolute Gasteiger partial charge is 0.177 e. The van der Waals surface area contributed by atoms with E-state index >= 15 is 0 Å². The molecule has 0 bridgehead atoms. The summed E-state index contributed by atoms with van der Waals surface area (Å²) in [7, 11) is 1.62. The molecule has 1 N–H and O–H groups in total. The summed E-state index contributed by atoms with van der Waals surface area (Å²) in [6.07, 6.45) is 2.37. The van der Waals surface area contributed by atoms with Crippen LogP contribution in [0, 0.1) is 20.8 Å². The minimum absolute atomic E-state index is 0.235. The number of anilines is 1. The van der Waals surface area contributed by atoms with Gasteiger partial charge >= 0.3 is 0 Å². The van der Waals surface area contributed by atoms with E-state index in [-0.39, 0.29) is 5.75 Å². The number of fused-ring (bicyclic) bond motifs is 1. The summed E-state index contributed by atoms with van der Waals surface area (Å²) in [4.78, 5) is 2.38. The van der Waals surface area contributed by atoms with E-state index in [0.717, 1.165) is 35.3 Å². The van der Waals surface area contributed by atoms with Crippen LogP contribution in [0.1, 0.15) is 43.4 Å². The molecule has 0 spiro atoms. The number of furan rings is 1. The number of phenolic OH excluding ortho intramolecular Hbond substituents is 1. The van der Waals surface area contributed by atoms with Crippen molar-refractivity contribution in [3.8, 4) is 22.8 Å². The Balaban J connectivity index is 2.09. The molecule has 0 saturated heterocycles. The number of aromatic hydroxyl groups is 1. The van der Waals surface area contributed by atoms with Gasteiger partial charge in [0.25, 0.3) is 0 Å². The van der Waals surface area contributed by atoms with E-state index in [1.165, 1.54) is 18.5 Å². The summed E-state index contributed by atoms with van der Waals surface area (Å²) in [5, 5.41) is 11.4. The van der Waals surface area contributed by atoms with Gasteiger partial charge in [0.15, 0.2) is 11.5 Å². The van der Waals surface area contributed by atoms with Gasteiger partial charge in [-0.3, -0.25) is 0 Å². The van der Waals surface area contributed by atoms with Crippen molar-refractivity contribution in [2.24, 2.45) is 0 Å². The van der Waals surface area contributed by atoms with Crippen molar-refractivity contribution < 1.29 is 14.3 Å². The maximum Gasteiger partial charge on any atom is 0.177 e. The van der Waals surface area contributed by atoms with E-state index in [1.807, 2.05) is 20.8 Å². The van der Waals surface area contributed by atoms with Crippen molar-refractivity contribution in [2.45, 2.75) is 47.5 Å². The van der Waals surface area contributed by atoms with Gasteiger partial charge in [0.1, 0.15) is 16.7 Å². The molecular formula is C24H31NO3. The molecular weight excluding hydrogens is 350 g/mol. The standard InChI is InChI=1S/C24H31NO3/c1-7-9-14-25(8-2)19-12-10-18(11-13-19)23-24(27-6)20-21(26)16(4)15(3)17(5)22(20)28-23/h10-13,26H,7-9,14H2,1-6H3. The first-order valence-corrected chi connectivity index (χ1v) is 10.1. The Morgan fingerprint density at radius 1 is 1.00 bits per heavy atom. The molecule has 0 saturated carbocycles. The van der Waals surface area contributed by atoms with Crippen LogP contribution in [0.4, 0.5) is 5.69 Å². The number of benzene rings is 2. The molecule has 0 atom stereocenters. The van der Waals surface area contributed by atoms with Crippen molar-refractivity contribution in [3.05, 3.63) is 41.0 Å². The number of nitrogens with zero attached hydrogens (tertiary/aromatic N) is 1. The van der Waals surface area contributed by atoms with Gasteiger partial charge in [-0.1, -0.05) is 13.3 Å². The maximum absolute atomic E-state index is 10.7. The average Bonchev–Trinajstić information content (AvgIpc) is 3.11. The summed E-state index contributed by atoms with van der Waals surface area (Å²) in [5.41, 5.74) is 5.77. The van der Waals surface area contributed by atoms with Crippen molar-refractivity contribution in [1.82, 2.24) is 0 Å². The largest absolute Gasteiger partial charge is 0.507 e. The Morgan fingerprint density at radius 3 is 2.25 bits per heavy atom. The minimum Gasteiger partial charge on any atom is -0.507 e. The van der Waals surface area contributed by atoms with Crippen LogP contribution in [-0.4, -0.2) is 25.3 Å². The van der Waals surface area contributed by atoms with Gasteiger partial charge < -0.3 is 19.2 Å². The second-order valence-corrected chi connectivity index (χ2v) is 7.37. The van der Waals surface area contributed by atoms with Crippen molar-refractivity contribution in [3.63, 3.8) is 0 Å². The quantitative estimate of drug-likeness (QED) is 0.517. The Hall–Kier alpha value is -2.62. The molecule has 4 nitrogen and oxygen atoms in total. The van der Waals surface area contributed by atoms with E-state index in [0.29, 0.717) is 22.5 Å². The Labute approximate surface area is 167 Å². The lowest BCUT2D eigenvalue weighted by Gasteiger charge is -2.23. The van der Waals surface area contributed by atoms with Gasteiger partial charge in [0.05, 0.1) is 7.11 Å². The highest BCUT2D eigenvalue weighted by Crippen LogP contribution is 2.47. The monoisotopic (exact) mass is 381 g/mol. The molecule has 28 heavy (non-hydrogen) atoms. The highest BCUT2D eigenvalue weighted by atomic mass is 16.5. The third kappa shape index (κ3) is 3.32. The molecule has 1 heterocycles. The van der Waals surface area contributed by atoms with Gasteiger partial charge in [0.2, 0.25) is 0 Å². The summed E-state index contributed by atoms with van der Waals surface area (Å²) in [6, 6.07) is 8.39. The van der Waals surface area contributed by atoms with Crippen LogP contribution in [0.2, 0.25) is 0 Å². The average molecular weight is 382 g/mol. The molecule has 0 radical (unpaired) electrons. The molecule has 2 aromatic carbocycles. The van der Waals surface area contributed by atoms with Gasteiger partial charge in [-0.25, -0.2) is 0 Å². The number of hydrogen-bond acceptors (Lipinski definition) is 4. The highest BCUT2D eigenvalue weighted by molar-refractivity contribution is 5.99. The predicted molar refractivity (Wildman–Crippen MR) is 117 cm³/mol. The van der Waals surface area contributed by atoms with E-state index < -0.39 is 0 Å². The molecule has 0 aliphatic rings. The van der Waals surface area contributed by atoms with Crippen LogP contribution in [0.3, 0.4) is 0 Å². The van der Waals surface area contributed by atoms with Crippen molar-refractivity contribution in [1.29, 1.82) is 0 Å². The number of aryl methyl sites for hydroxylation is 1. The Kier molecular flexibility index (Phi) is 5.87. The maximum atomic E-state index is 10.7. The van der Waals surface area contributed by atoms with E-state index in [1.54, 1.807) is 7.11 Å². The highest BCUT2D eigenvalue weighted by Gasteiger charge is 2.24. The fourth-order valence-corrected chi connectivity index (χ4v) is 3.74. The first-order chi connectivity index (χ1) is 13.4. The van der Waals surface area contributed by atoms with E-state index in [9.17, 15) is 5.11 Å². The second kappa shape index (κ2) is 8.17. The molecule has 0 unspecified atom stereocenters. The molecule has 4 heteroatoms. The fourth-order valence-electron chi connectivity index (χ4n) is 3.74. The van der Waals surface area contributed by atoms with Gasteiger partial charge in [-0.15, -0.1) is 0 Å². The molecule has 150 valence electrons. The third-order valence-electron chi connectivity index (χ3n) is 5.78. The number of ether oxygens (including phenoxy) is 1. The topological polar surface area (TPSA) is 45.8 Å². The summed E-state index contributed by atoms with van der Waals surface area (Å²) in [6.45, 7) is 12.4. The Bertz CT molecular complexity index is 970. The fraction of sp³-hybridized carbons (Fsp3) is 0.417. The predicted octanol–water partition coefficient (Wildman–Crippen LogP) is 6.37. The van der Waals surface area contributed by atoms with Crippen LogP contribution >= 0.6 is 0 Å². The number of methoxy groups -OCH3 is 1. The van der Waals surface area contributed by atoms with Gasteiger partial charge in [-0.2, -0.15) is 0 Å². The molecule has 0 aliphatic heterocycles. The second-order valence-electron chi connectivity index (χ2n) is 7.37. The zero-order valence-electron chi connectivity index (χ0n) is 17.8. The molecule has 3 rings (SSSR count). The molecule has 1 aromatic heterocycles. The number of hydrogen-bond donors (Lipinski definition) is 1. The number of rotatable bonds is 7.